The number of nitrogens with one attached hydrogen (secondary N) is 1. The van der Waals surface area contributed by atoms with Gasteiger partial charge in [-0.25, -0.2) is 0 Å². The van der Waals surface area contributed by atoms with Crippen LogP contribution in [-0.2, 0) is 22.6 Å². The van der Waals surface area contributed by atoms with E-state index in [9.17, 15) is 14.4 Å². The number of piperidine rings is 1. The van der Waals surface area contributed by atoms with E-state index in [1.807, 2.05) is 4.90 Å². The minimum Gasteiger partial charge on any atom is -0.472 e. The third-order valence-electron chi connectivity index (χ3n) is 5.72. The molecule has 0 radical (unpaired) electrons. The molecule has 1 N–H and O–H groups in total. The van der Waals surface area contributed by atoms with Gasteiger partial charge in [0.05, 0.1) is 11.8 Å². The highest BCUT2D eigenvalue weighted by molar-refractivity contribution is 7.10. The third-order valence-corrected chi connectivity index (χ3v) is 6.74. The van der Waals surface area contributed by atoms with Crippen molar-refractivity contribution in [3.8, 4) is 0 Å². The molecule has 2 aromatic rings. The second-order valence-corrected chi connectivity index (χ2v) is 8.55. The molecule has 0 spiro atoms. The molecule has 0 saturated carbocycles. The number of carbonyl (C=O) groups is 3. The molecule has 29 heavy (non-hydrogen) atoms. The molecule has 8 heteroatoms. The summed E-state index contributed by atoms with van der Waals surface area (Å²) in [6, 6.07) is 3.74. The molecule has 0 unspecified atom stereocenters. The summed E-state index contributed by atoms with van der Waals surface area (Å²) >= 11 is 1.75. The maximum atomic E-state index is 12.4. The SMILES string of the molecule is O=C(NCCC(=O)N1CCc2sccc2C1)C1CCN(C(=O)c2ccoc2)CC1. The Labute approximate surface area is 173 Å². The van der Waals surface area contributed by atoms with Crippen LogP contribution in [0.3, 0.4) is 0 Å². The summed E-state index contributed by atoms with van der Waals surface area (Å²) in [6.07, 6.45) is 5.44. The van der Waals surface area contributed by atoms with Crippen molar-refractivity contribution in [2.24, 2.45) is 5.92 Å². The van der Waals surface area contributed by atoms with Crippen molar-refractivity contribution in [2.45, 2.75) is 32.2 Å². The Morgan fingerprint density at radius 2 is 1.97 bits per heavy atom. The maximum Gasteiger partial charge on any atom is 0.257 e. The highest BCUT2D eigenvalue weighted by Crippen LogP contribution is 2.24. The molecule has 4 heterocycles. The smallest absolute Gasteiger partial charge is 0.257 e. The number of fused-ring (bicyclic) bond motifs is 1. The number of furan rings is 1. The first-order chi connectivity index (χ1) is 14.1. The summed E-state index contributed by atoms with van der Waals surface area (Å²) in [4.78, 5) is 42.2. The molecule has 0 aromatic carbocycles. The molecule has 2 aliphatic heterocycles. The van der Waals surface area contributed by atoms with Gasteiger partial charge in [-0.3, -0.25) is 14.4 Å². The minimum atomic E-state index is -0.109. The molecule has 2 aliphatic rings. The molecule has 4 rings (SSSR count). The number of thiophene rings is 1. The largest absolute Gasteiger partial charge is 0.472 e. The van der Waals surface area contributed by atoms with Crippen LogP contribution in [0.1, 0.15) is 40.1 Å². The highest BCUT2D eigenvalue weighted by Gasteiger charge is 2.28. The van der Waals surface area contributed by atoms with Crippen molar-refractivity contribution in [2.75, 3.05) is 26.2 Å². The zero-order chi connectivity index (χ0) is 20.2. The fraction of sp³-hybridized carbons (Fsp3) is 0.476. The summed E-state index contributed by atoms with van der Waals surface area (Å²) < 4.78 is 4.96. The Bertz CT molecular complexity index is 868. The van der Waals surface area contributed by atoms with Gasteiger partial charge in [0.2, 0.25) is 11.8 Å². The van der Waals surface area contributed by atoms with Gasteiger partial charge in [0.1, 0.15) is 6.26 Å². The summed E-state index contributed by atoms with van der Waals surface area (Å²) in [7, 11) is 0. The van der Waals surface area contributed by atoms with Crippen LogP contribution in [0.25, 0.3) is 0 Å². The molecule has 2 aromatic heterocycles. The van der Waals surface area contributed by atoms with Gasteiger partial charge in [-0.05, 0) is 42.3 Å². The average molecular weight is 416 g/mol. The van der Waals surface area contributed by atoms with Crippen molar-refractivity contribution < 1.29 is 18.8 Å². The van der Waals surface area contributed by atoms with Crippen LogP contribution < -0.4 is 5.32 Å². The van der Waals surface area contributed by atoms with Crippen LogP contribution in [0.15, 0.2) is 34.5 Å². The number of carbonyl (C=O) groups excluding carboxylic acids is 3. The number of hydrogen-bond acceptors (Lipinski definition) is 5. The Kier molecular flexibility index (Phi) is 5.99. The number of nitrogens with zero attached hydrogens (tertiary/aromatic N) is 2. The number of likely N-dealkylation sites (tertiary alicyclic amines) is 1. The predicted octanol–water partition coefficient (Wildman–Crippen LogP) is 2.28. The molecule has 154 valence electrons. The minimum absolute atomic E-state index is 0.0213. The number of hydrogen-bond donors (Lipinski definition) is 1. The molecular formula is C21H25N3O4S. The fourth-order valence-corrected chi connectivity index (χ4v) is 4.86. The van der Waals surface area contributed by atoms with E-state index >= 15 is 0 Å². The van der Waals surface area contributed by atoms with Crippen LogP contribution >= 0.6 is 11.3 Å². The molecular weight excluding hydrogens is 390 g/mol. The van der Waals surface area contributed by atoms with E-state index < -0.39 is 0 Å². The molecule has 0 bridgehead atoms. The highest BCUT2D eigenvalue weighted by atomic mass is 32.1. The summed E-state index contributed by atoms with van der Waals surface area (Å²) in [5.74, 6) is -0.102. The monoisotopic (exact) mass is 415 g/mol. The van der Waals surface area contributed by atoms with Crippen LogP contribution in [-0.4, -0.2) is 53.7 Å². The second kappa shape index (κ2) is 8.82. The van der Waals surface area contributed by atoms with Gasteiger partial charge in [0.25, 0.3) is 5.91 Å². The maximum absolute atomic E-state index is 12.4. The molecule has 0 aliphatic carbocycles. The van der Waals surface area contributed by atoms with Gasteiger partial charge in [-0.15, -0.1) is 11.3 Å². The number of amides is 3. The number of rotatable bonds is 5. The molecule has 1 saturated heterocycles. The van der Waals surface area contributed by atoms with Crippen molar-refractivity contribution in [1.82, 2.24) is 15.1 Å². The topological polar surface area (TPSA) is 82.9 Å². The standard InChI is InChI=1S/C21H25N3O4S/c25-19(24-10-4-18-16(13-24)6-12-29-18)1-7-22-20(26)15-2-8-23(9-3-15)21(27)17-5-11-28-14-17/h5-6,11-12,14-15H,1-4,7-10,13H2,(H,22,26). The van der Waals surface area contributed by atoms with Gasteiger partial charge in [-0.2, -0.15) is 0 Å². The first-order valence-corrected chi connectivity index (χ1v) is 10.9. The zero-order valence-corrected chi connectivity index (χ0v) is 17.1. The Hall–Kier alpha value is -2.61. The van der Waals surface area contributed by atoms with Crippen LogP contribution in [0.2, 0.25) is 0 Å². The zero-order valence-electron chi connectivity index (χ0n) is 16.3. The average Bonchev–Trinajstić information content (AvgIpc) is 3.44. The second-order valence-electron chi connectivity index (χ2n) is 7.55. The van der Waals surface area contributed by atoms with Gasteiger partial charge < -0.3 is 19.5 Å². The van der Waals surface area contributed by atoms with Crippen molar-refractivity contribution in [3.63, 3.8) is 0 Å². The van der Waals surface area contributed by atoms with Crippen molar-refractivity contribution in [1.29, 1.82) is 0 Å². The Morgan fingerprint density at radius 1 is 1.14 bits per heavy atom. The molecule has 3 amide bonds. The molecule has 7 nitrogen and oxygen atoms in total. The van der Waals surface area contributed by atoms with Gasteiger partial charge in [0, 0.05) is 49.9 Å². The predicted molar refractivity (Wildman–Crippen MR) is 108 cm³/mol. The van der Waals surface area contributed by atoms with E-state index in [4.69, 9.17) is 4.42 Å². The lowest BCUT2D eigenvalue weighted by atomic mass is 9.95. The van der Waals surface area contributed by atoms with E-state index in [2.05, 4.69) is 16.8 Å². The Balaban J connectivity index is 1.17. The summed E-state index contributed by atoms with van der Waals surface area (Å²) in [5, 5.41) is 4.98. The van der Waals surface area contributed by atoms with E-state index in [1.165, 1.54) is 23.0 Å². The lowest BCUT2D eigenvalue weighted by molar-refractivity contribution is -0.132. The van der Waals surface area contributed by atoms with E-state index in [-0.39, 0.29) is 23.6 Å². The fourth-order valence-electron chi connectivity index (χ4n) is 3.97. The molecule has 0 atom stereocenters. The lowest BCUT2D eigenvalue weighted by Crippen LogP contribution is -2.43. The van der Waals surface area contributed by atoms with Crippen LogP contribution in [0.5, 0.6) is 0 Å². The normalized spacial score (nSPS) is 17.1. The van der Waals surface area contributed by atoms with Crippen LogP contribution in [0, 0.1) is 5.92 Å². The lowest BCUT2D eigenvalue weighted by Gasteiger charge is -2.31. The van der Waals surface area contributed by atoms with Crippen molar-refractivity contribution >= 4 is 29.1 Å². The summed E-state index contributed by atoms with van der Waals surface area (Å²) in [6.45, 7) is 2.90. The Morgan fingerprint density at radius 3 is 2.72 bits per heavy atom. The van der Waals surface area contributed by atoms with Gasteiger partial charge >= 0.3 is 0 Å². The first-order valence-electron chi connectivity index (χ1n) is 10.0. The van der Waals surface area contributed by atoms with E-state index in [1.54, 1.807) is 22.3 Å². The van der Waals surface area contributed by atoms with Crippen LogP contribution in [0.4, 0.5) is 0 Å². The first kappa shape index (κ1) is 19.7. The van der Waals surface area contributed by atoms with E-state index in [0.717, 1.165) is 13.0 Å². The summed E-state index contributed by atoms with van der Waals surface area (Å²) in [5.41, 5.74) is 1.79. The quantitative estimate of drug-likeness (QED) is 0.812. The van der Waals surface area contributed by atoms with E-state index in [0.29, 0.717) is 51.0 Å². The van der Waals surface area contributed by atoms with Gasteiger partial charge in [-0.1, -0.05) is 0 Å². The van der Waals surface area contributed by atoms with Crippen molar-refractivity contribution in [3.05, 3.63) is 46.0 Å². The van der Waals surface area contributed by atoms with Gasteiger partial charge in [0.15, 0.2) is 0 Å². The third kappa shape index (κ3) is 4.53. The molecule has 1 fully saturated rings.